The summed E-state index contributed by atoms with van der Waals surface area (Å²) in [4.78, 5) is 16.5. The molecule has 1 N–H and O–H groups in total. The third-order valence-corrected chi connectivity index (χ3v) is 12.6. The van der Waals surface area contributed by atoms with Crippen molar-refractivity contribution >= 4 is 44.8 Å². The van der Waals surface area contributed by atoms with Gasteiger partial charge in [0, 0.05) is 0 Å². The van der Waals surface area contributed by atoms with Gasteiger partial charge in [-0.25, -0.2) is 0 Å². The van der Waals surface area contributed by atoms with E-state index >= 15 is 0 Å². The number of benzene rings is 2. The summed E-state index contributed by atoms with van der Waals surface area (Å²) in [5.41, 5.74) is 0.885. The molecule has 1 fully saturated rings. The molecule has 2 aromatic carbocycles. The molecular formula is C25H29AsFN2O5S. The van der Waals surface area contributed by atoms with E-state index in [-0.39, 0.29) is 32.2 Å². The number of anilines is 1. The van der Waals surface area contributed by atoms with Gasteiger partial charge in [-0.05, 0) is 0 Å². The molecule has 4 rings (SSSR count). The SMILES string of the molecule is CCN(CC)C/C=C\c1cc(F)ccc1S(=O)(=O)[As]c1ccc2c(c1C(=O)O)OC[C@H]1CCCN21. The first-order chi connectivity index (χ1) is 16.7. The molecule has 2 aliphatic rings. The molecule has 1 saturated heterocycles. The van der Waals surface area contributed by atoms with Crippen LogP contribution in [0.1, 0.15) is 42.6 Å². The summed E-state index contributed by atoms with van der Waals surface area (Å²) in [6.45, 7) is 7.58. The molecule has 35 heavy (non-hydrogen) atoms. The predicted molar refractivity (Wildman–Crippen MR) is 135 cm³/mol. The Morgan fingerprint density at radius 1 is 1.29 bits per heavy atom. The van der Waals surface area contributed by atoms with Gasteiger partial charge < -0.3 is 0 Å². The Labute approximate surface area is 211 Å². The van der Waals surface area contributed by atoms with E-state index in [0.717, 1.165) is 38.5 Å². The Balaban J connectivity index is 1.68. The Kier molecular flexibility index (Phi) is 7.89. The third-order valence-electron chi connectivity index (χ3n) is 6.46. The molecular weight excluding hydrogens is 534 g/mol. The maximum atomic E-state index is 14.0. The molecule has 1 radical (unpaired) electrons. The Morgan fingerprint density at radius 2 is 2.06 bits per heavy atom. The van der Waals surface area contributed by atoms with E-state index in [2.05, 4.69) is 9.80 Å². The van der Waals surface area contributed by atoms with Crippen molar-refractivity contribution in [2.75, 3.05) is 37.7 Å². The van der Waals surface area contributed by atoms with Crippen molar-refractivity contribution < 1.29 is 27.4 Å². The molecule has 0 amide bonds. The van der Waals surface area contributed by atoms with Crippen LogP contribution >= 0.6 is 0 Å². The molecule has 187 valence electrons. The average molecular weight is 564 g/mol. The molecule has 0 aliphatic carbocycles. The van der Waals surface area contributed by atoms with Crippen molar-refractivity contribution in [2.45, 2.75) is 37.6 Å². The van der Waals surface area contributed by atoms with Crippen molar-refractivity contribution in [1.29, 1.82) is 0 Å². The van der Waals surface area contributed by atoms with Crippen LogP contribution in [0.2, 0.25) is 0 Å². The molecule has 0 saturated carbocycles. The van der Waals surface area contributed by atoms with E-state index in [1.54, 1.807) is 18.2 Å². The van der Waals surface area contributed by atoms with Crippen LogP contribution in [-0.4, -0.2) is 77.8 Å². The van der Waals surface area contributed by atoms with Gasteiger partial charge in [0.2, 0.25) is 0 Å². The van der Waals surface area contributed by atoms with Crippen LogP contribution in [0.5, 0.6) is 5.75 Å². The topological polar surface area (TPSA) is 87.2 Å². The number of likely N-dealkylation sites (N-methyl/N-ethyl adjacent to an activating group) is 1. The van der Waals surface area contributed by atoms with Crippen LogP contribution < -0.4 is 14.0 Å². The number of hydrogen-bond donors (Lipinski definition) is 1. The van der Waals surface area contributed by atoms with Crippen LogP contribution in [0.3, 0.4) is 0 Å². The average Bonchev–Trinajstić information content (AvgIpc) is 3.30. The van der Waals surface area contributed by atoms with E-state index in [1.165, 1.54) is 12.1 Å². The van der Waals surface area contributed by atoms with Crippen LogP contribution in [0.4, 0.5) is 10.1 Å². The van der Waals surface area contributed by atoms with Gasteiger partial charge in [0.05, 0.1) is 0 Å². The normalized spacial score (nSPS) is 17.8. The Bertz CT molecular complexity index is 1250. The third kappa shape index (κ3) is 5.42. The summed E-state index contributed by atoms with van der Waals surface area (Å²) in [6, 6.07) is 7.18. The van der Waals surface area contributed by atoms with Gasteiger partial charge in [0.1, 0.15) is 0 Å². The summed E-state index contributed by atoms with van der Waals surface area (Å²) in [5.74, 6) is -1.49. The predicted octanol–water partition coefficient (Wildman–Crippen LogP) is 2.96. The molecule has 0 bridgehead atoms. The van der Waals surface area contributed by atoms with Crippen LogP contribution in [-0.2, 0) is 8.10 Å². The molecule has 0 aromatic heterocycles. The molecule has 2 heterocycles. The van der Waals surface area contributed by atoms with Crippen molar-refractivity contribution in [3.8, 4) is 5.75 Å². The number of carbonyl (C=O) groups is 1. The molecule has 0 spiro atoms. The number of fused-ring (bicyclic) bond motifs is 3. The second-order valence-corrected chi connectivity index (χ2v) is 15.3. The van der Waals surface area contributed by atoms with Gasteiger partial charge in [-0.3, -0.25) is 0 Å². The van der Waals surface area contributed by atoms with Crippen molar-refractivity contribution in [1.82, 2.24) is 4.90 Å². The number of nitrogens with zero attached hydrogens (tertiary/aromatic N) is 2. The first-order valence-electron chi connectivity index (χ1n) is 11.7. The summed E-state index contributed by atoms with van der Waals surface area (Å²) in [6.07, 6.45) is 5.43. The van der Waals surface area contributed by atoms with E-state index in [9.17, 15) is 22.7 Å². The molecule has 2 aliphatic heterocycles. The van der Waals surface area contributed by atoms with Crippen LogP contribution in [0.25, 0.3) is 6.08 Å². The minimum absolute atomic E-state index is 0.00396. The fraction of sp³-hybridized carbons (Fsp3) is 0.400. The molecule has 0 unspecified atom stereocenters. The summed E-state index contributed by atoms with van der Waals surface area (Å²) < 4.78 is 47.1. The Hall–Kier alpha value is -2.35. The van der Waals surface area contributed by atoms with E-state index in [0.29, 0.717) is 18.8 Å². The number of hydrogen-bond acceptors (Lipinski definition) is 6. The number of rotatable bonds is 9. The number of aromatic carboxylic acids is 1. The summed E-state index contributed by atoms with van der Waals surface area (Å²) in [5, 5.41) is 9.99. The van der Waals surface area contributed by atoms with Gasteiger partial charge in [-0.1, -0.05) is 0 Å². The first kappa shape index (κ1) is 25.7. The molecule has 7 nitrogen and oxygen atoms in total. The first-order valence-corrected chi connectivity index (χ1v) is 16.4. The van der Waals surface area contributed by atoms with Crippen LogP contribution in [0, 0.1) is 5.82 Å². The van der Waals surface area contributed by atoms with E-state index < -0.39 is 34.5 Å². The number of halogens is 1. The zero-order chi connectivity index (χ0) is 25.2. The fourth-order valence-corrected chi connectivity index (χ4v) is 10.6. The van der Waals surface area contributed by atoms with Gasteiger partial charge >= 0.3 is 212 Å². The van der Waals surface area contributed by atoms with Crippen molar-refractivity contribution in [3.63, 3.8) is 0 Å². The summed E-state index contributed by atoms with van der Waals surface area (Å²) >= 11 is -1.63. The fourth-order valence-electron chi connectivity index (χ4n) is 4.60. The quantitative estimate of drug-likeness (QED) is 0.470. The van der Waals surface area contributed by atoms with Gasteiger partial charge in [-0.15, -0.1) is 0 Å². The molecule has 1 atom stereocenters. The number of ether oxygens (including phenoxy) is 1. The van der Waals surface area contributed by atoms with Gasteiger partial charge in [0.25, 0.3) is 0 Å². The minimum atomic E-state index is -3.89. The standard InChI is InChI=1S/C25H29AsFN2O5S/c1-3-28(4-2)13-5-7-17-15-18(27)9-12-22(17)35(32,33)26-20-10-11-21-24(23(20)25(30)31)34-16-19-8-6-14-29(19)21/h5,7,9-12,15,19H,3-4,6,8,13-14,16H2,1-2H3,(H,30,31)/b7-5-/t19-/m1/s1. The maximum absolute atomic E-state index is 14.0. The molecule has 10 heteroatoms. The van der Waals surface area contributed by atoms with E-state index in [4.69, 9.17) is 4.74 Å². The van der Waals surface area contributed by atoms with Gasteiger partial charge in [-0.2, -0.15) is 0 Å². The second-order valence-electron chi connectivity index (χ2n) is 8.55. The summed E-state index contributed by atoms with van der Waals surface area (Å²) in [7, 11) is -3.89. The Morgan fingerprint density at radius 3 is 2.77 bits per heavy atom. The molecule has 2 aromatic rings. The van der Waals surface area contributed by atoms with Crippen molar-refractivity contribution in [2.24, 2.45) is 0 Å². The zero-order valence-corrected chi connectivity index (χ0v) is 22.5. The van der Waals surface area contributed by atoms with E-state index in [1.807, 2.05) is 19.9 Å². The number of carboxylic acid groups (broad SMARTS) is 1. The second kappa shape index (κ2) is 10.7. The monoisotopic (exact) mass is 563 g/mol. The van der Waals surface area contributed by atoms with Crippen LogP contribution in [0.15, 0.2) is 41.3 Å². The zero-order valence-electron chi connectivity index (χ0n) is 19.8. The number of carboxylic acids is 1. The van der Waals surface area contributed by atoms with Crippen molar-refractivity contribution in [3.05, 3.63) is 53.4 Å². The van der Waals surface area contributed by atoms with Gasteiger partial charge in [0.15, 0.2) is 0 Å².